The van der Waals surface area contributed by atoms with E-state index in [1.165, 1.54) is 11.3 Å². The minimum Gasteiger partial charge on any atom is -0.143 e. The van der Waals surface area contributed by atoms with Crippen molar-refractivity contribution in [1.82, 2.24) is 10.2 Å². The lowest BCUT2D eigenvalue weighted by Crippen LogP contribution is -1.74. The highest BCUT2D eigenvalue weighted by Gasteiger charge is 1.97. The molecule has 1 aromatic heterocycles. The summed E-state index contributed by atoms with van der Waals surface area (Å²) in [6, 6.07) is 0. The van der Waals surface area contributed by atoms with Gasteiger partial charge in [0.15, 0.2) is 0 Å². The fourth-order valence-corrected chi connectivity index (χ4v) is 1.06. The molecule has 0 unspecified atom stereocenters. The molecule has 0 aromatic carbocycles. The van der Waals surface area contributed by atoms with Crippen LogP contribution < -0.4 is 0 Å². The monoisotopic (exact) mass is 155 g/mol. The van der Waals surface area contributed by atoms with Crippen molar-refractivity contribution < 1.29 is 0 Å². The summed E-state index contributed by atoms with van der Waals surface area (Å²) in [6.07, 6.45) is 0.832. The number of rotatable bonds is 2. The average Bonchev–Trinajstić information content (AvgIpc) is 2.37. The van der Waals surface area contributed by atoms with Crippen LogP contribution in [0.25, 0.3) is 10.4 Å². The zero-order valence-corrected chi connectivity index (χ0v) is 6.17. The lowest BCUT2D eigenvalue weighted by Gasteiger charge is -1.75. The van der Waals surface area contributed by atoms with Gasteiger partial charge in [0.1, 0.15) is 5.01 Å². The topological polar surface area (TPSA) is 74.5 Å². The van der Waals surface area contributed by atoms with E-state index in [0.29, 0.717) is 5.13 Å². The molecule has 5 nitrogen and oxygen atoms in total. The Morgan fingerprint density at radius 2 is 2.50 bits per heavy atom. The summed E-state index contributed by atoms with van der Waals surface area (Å²) in [5.41, 5.74) is 8.00. The summed E-state index contributed by atoms with van der Waals surface area (Å²) >= 11 is 1.31. The van der Waals surface area contributed by atoms with E-state index >= 15 is 0 Å². The zero-order chi connectivity index (χ0) is 7.40. The molecule has 0 amide bonds. The lowest BCUT2D eigenvalue weighted by atomic mass is 10.5. The molecular formula is C4H5N5S. The molecular weight excluding hydrogens is 150 g/mol. The van der Waals surface area contributed by atoms with Crippen molar-refractivity contribution in [3.63, 3.8) is 0 Å². The molecule has 0 saturated heterocycles. The smallest absolute Gasteiger partial charge is 0.143 e. The Morgan fingerprint density at radius 1 is 1.70 bits per heavy atom. The van der Waals surface area contributed by atoms with E-state index in [1.54, 1.807) is 0 Å². The summed E-state index contributed by atoms with van der Waals surface area (Å²) in [7, 11) is 0. The van der Waals surface area contributed by atoms with E-state index in [9.17, 15) is 0 Å². The second-order valence-electron chi connectivity index (χ2n) is 1.52. The Balaban J connectivity index is 2.87. The number of hydrogen-bond donors (Lipinski definition) is 0. The largest absolute Gasteiger partial charge is 0.204 e. The van der Waals surface area contributed by atoms with Gasteiger partial charge in [-0.1, -0.05) is 18.3 Å². The first-order valence-corrected chi connectivity index (χ1v) is 3.56. The SMILES string of the molecule is CCc1nnc(N=[N+]=[N-])s1. The summed E-state index contributed by atoms with van der Waals surface area (Å²) in [5, 5.41) is 12.0. The van der Waals surface area contributed by atoms with Gasteiger partial charge in [-0.15, -0.1) is 10.2 Å². The van der Waals surface area contributed by atoms with E-state index in [0.717, 1.165) is 11.4 Å². The minimum atomic E-state index is 0.388. The van der Waals surface area contributed by atoms with Crippen molar-refractivity contribution in [3.05, 3.63) is 15.5 Å². The van der Waals surface area contributed by atoms with Crippen LogP contribution in [0.15, 0.2) is 5.11 Å². The van der Waals surface area contributed by atoms with Gasteiger partial charge in [-0.05, 0) is 17.1 Å². The van der Waals surface area contributed by atoms with Crippen molar-refractivity contribution in [2.24, 2.45) is 5.11 Å². The van der Waals surface area contributed by atoms with Crippen LogP contribution in [-0.2, 0) is 6.42 Å². The minimum absolute atomic E-state index is 0.388. The van der Waals surface area contributed by atoms with Crippen LogP contribution in [-0.4, -0.2) is 10.2 Å². The van der Waals surface area contributed by atoms with Gasteiger partial charge in [0.2, 0.25) is 5.13 Å². The standard InChI is InChI=1S/C4H5N5S/c1-2-3-6-7-4(10-3)8-9-5/h2H2,1H3. The maximum atomic E-state index is 8.00. The van der Waals surface area contributed by atoms with Crippen LogP contribution >= 0.6 is 11.3 Å². The normalized spacial score (nSPS) is 8.90. The molecule has 1 rings (SSSR count). The highest BCUT2D eigenvalue weighted by molar-refractivity contribution is 7.14. The lowest BCUT2D eigenvalue weighted by molar-refractivity contribution is 0.981. The van der Waals surface area contributed by atoms with E-state index < -0.39 is 0 Å². The van der Waals surface area contributed by atoms with Gasteiger partial charge in [-0.2, -0.15) is 0 Å². The van der Waals surface area contributed by atoms with Crippen molar-refractivity contribution in [3.8, 4) is 0 Å². The molecule has 1 heterocycles. The van der Waals surface area contributed by atoms with E-state index in [-0.39, 0.29) is 0 Å². The highest BCUT2D eigenvalue weighted by Crippen LogP contribution is 2.18. The van der Waals surface area contributed by atoms with Crippen molar-refractivity contribution >= 4 is 16.5 Å². The van der Waals surface area contributed by atoms with Crippen LogP contribution in [0.2, 0.25) is 0 Å². The third kappa shape index (κ3) is 1.43. The van der Waals surface area contributed by atoms with Crippen molar-refractivity contribution in [1.29, 1.82) is 0 Å². The van der Waals surface area contributed by atoms with Gasteiger partial charge in [-0.3, -0.25) is 0 Å². The third-order valence-electron chi connectivity index (χ3n) is 0.889. The van der Waals surface area contributed by atoms with E-state index in [1.807, 2.05) is 6.92 Å². The molecule has 0 radical (unpaired) electrons. The molecule has 1 aromatic rings. The highest BCUT2D eigenvalue weighted by atomic mass is 32.1. The molecule has 6 heteroatoms. The molecule has 10 heavy (non-hydrogen) atoms. The van der Waals surface area contributed by atoms with Gasteiger partial charge in [0.25, 0.3) is 0 Å². The van der Waals surface area contributed by atoms with Crippen molar-refractivity contribution in [2.75, 3.05) is 0 Å². The first kappa shape index (κ1) is 6.98. The Hall–Kier alpha value is -1.13. The summed E-state index contributed by atoms with van der Waals surface area (Å²) < 4.78 is 0. The molecule has 0 spiro atoms. The predicted molar refractivity (Wildman–Crippen MR) is 38.1 cm³/mol. The average molecular weight is 155 g/mol. The maximum absolute atomic E-state index is 8.00. The number of hydrogen-bond acceptors (Lipinski definition) is 4. The molecule has 0 aliphatic rings. The number of azide groups is 1. The van der Waals surface area contributed by atoms with Gasteiger partial charge in [-0.25, -0.2) is 0 Å². The van der Waals surface area contributed by atoms with Crippen LogP contribution in [0.1, 0.15) is 11.9 Å². The quantitative estimate of drug-likeness (QED) is 0.372. The number of aryl methyl sites for hydroxylation is 1. The van der Waals surface area contributed by atoms with Gasteiger partial charge in [0, 0.05) is 4.91 Å². The third-order valence-corrected chi connectivity index (χ3v) is 1.84. The number of aromatic nitrogens is 2. The number of nitrogens with zero attached hydrogens (tertiary/aromatic N) is 5. The Labute approximate surface area is 61.3 Å². The van der Waals surface area contributed by atoms with E-state index in [4.69, 9.17) is 5.53 Å². The van der Waals surface area contributed by atoms with Crippen LogP contribution in [0, 0.1) is 0 Å². The Bertz CT molecular complexity index is 260. The Morgan fingerprint density at radius 3 is 3.00 bits per heavy atom. The molecule has 0 saturated carbocycles. The fraction of sp³-hybridized carbons (Fsp3) is 0.500. The molecule has 0 aliphatic heterocycles. The second-order valence-corrected chi connectivity index (χ2v) is 2.56. The first-order chi connectivity index (χ1) is 4.86. The zero-order valence-electron chi connectivity index (χ0n) is 5.35. The first-order valence-electron chi connectivity index (χ1n) is 2.74. The summed E-state index contributed by atoms with van der Waals surface area (Å²) in [4.78, 5) is 2.59. The van der Waals surface area contributed by atoms with Crippen LogP contribution in [0.5, 0.6) is 0 Å². The molecule has 0 bridgehead atoms. The van der Waals surface area contributed by atoms with Gasteiger partial charge >= 0.3 is 0 Å². The fourth-order valence-electron chi connectivity index (χ4n) is 0.466. The van der Waals surface area contributed by atoms with Crippen LogP contribution in [0.3, 0.4) is 0 Å². The van der Waals surface area contributed by atoms with Crippen molar-refractivity contribution in [2.45, 2.75) is 13.3 Å². The van der Waals surface area contributed by atoms with E-state index in [2.05, 4.69) is 20.2 Å². The van der Waals surface area contributed by atoms with Crippen LogP contribution in [0.4, 0.5) is 5.13 Å². The molecule has 0 N–H and O–H groups in total. The molecule has 52 valence electrons. The predicted octanol–water partition coefficient (Wildman–Crippen LogP) is 2.04. The van der Waals surface area contributed by atoms with Gasteiger partial charge < -0.3 is 0 Å². The summed E-state index contributed by atoms with van der Waals surface area (Å²) in [5.74, 6) is 0. The molecule has 0 aliphatic carbocycles. The molecule has 0 fully saturated rings. The maximum Gasteiger partial charge on any atom is 0.204 e. The second kappa shape index (κ2) is 3.14. The van der Waals surface area contributed by atoms with Gasteiger partial charge in [0.05, 0.1) is 0 Å². The Kier molecular flexibility index (Phi) is 2.20. The summed E-state index contributed by atoms with van der Waals surface area (Å²) in [6.45, 7) is 1.97. The molecule has 0 atom stereocenters.